The number of fused-ring (bicyclic) bond motifs is 1. The highest BCUT2D eigenvalue weighted by Crippen LogP contribution is 2.23. The van der Waals surface area contributed by atoms with Crippen LogP contribution in [0.3, 0.4) is 0 Å². The molecule has 0 atom stereocenters. The number of halogens is 1. The van der Waals surface area contributed by atoms with Crippen molar-refractivity contribution in [1.29, 1.82) is 0 Å². The summed E-state index contributed by atoms with van der Waals surface area (Å²) in [5.74, 6) is -0.185. The minimum Gasteiger partial charge on any atom is -0.294 e. The molecule has 0 aliphatic rings. The third-order valence-electron chi connectivity index (χ3n) is 3.97. The summed E-state index contributed by atoms with van der Waals surface area (Å²) in [6.07, 6.45) is 3.77. The molecule has 0 bridgehead atoms. The van der Waals surface area contributed by atoms with E-state index in [1.165, 1.54) is 11.3 Å². The van der Waals surface area contributed by atoms with Gasteiger partial charge in [0.2, 0.25) is 5.91 Å². The van der Waals surface area contributed by atoms with E-state index in [9.17, 15) is 4.79 Å². The molecule has 7 heteroatoms. The van der Waals surface area contributed by atoms with Crippen LogP contribution in [-0.4, -0.2) is 21.5 Å². The molecule has 0 aliphatic heterocycles. The number of rotatable bonds is 5. The van der Waals surface area contributed by atoms with E-state index in [4.69, 9.17) is 11.6 Å². The van der Waals surface area contributed by atoms with E-state index in [-0.39, 0.29) is 12.3 Å². The van der Waals surface area contributed by atoms with Crippen LogP contribution in [0.2, 0.25) is 5.02 Å². The highest BCUT2D eigenvalue weighted by molar-refractivity contribution is 7.15. The maximum Gasteiger partial charge on any atom is 0.246 e. The summed E-state index contributed by atoms with van der Waals surface area (Å²) in [5, 5.41) is 6.60. The predicted molar refractivity (Wildman–Crippen MR) is 109 cm³/mol. The van der Waals surface area contributed by atoms with E-state index in [0.717, 1.165) is 27.5 Å². The van der Waals surface area contributed by atoms with Crippen LogP contribution in [0.25, 0.3) is 16.2 Å². The number of hydrogen-bond donors (Lipinski definition) is 1. The summed E-state index contributed by atoms with van der Waals surface area (Å²) < 4.78 is 1.95. The normalized spacial score (nSPS) is 11.3. The van der Waals surface area contributed by atoms with Crippen LogP contribution in [-0.2, 0) is 11.2 Å². The summed E-state index contributed by atoms with van der Waals surface area (Å²) >= 11 is 7.36. The molecule has 0 saturated heterocycles. The van der Waals surface area contributed by atoms with Gasteiger partial charge in [0, 0.05) is 27.9 Å². The van der Waals surface area contributed by atoms with Crippen LogP contribution >= 0.6 is 22.9 Å². The number of amides is 1. The molecule has 27 heavy (non-hydrogen) atoms. The molecule has 4 rings (SSSR count). The zero-order valence-electron chi connectivity index (χ0n) is 14.2. The van der Waals surface area contributed by atoms with Gasteiger partial charge >= 0.3 is 0 Å². The van der Waals surface area contributed by atoms with Crippen LogP contribution in [0, 0.1) is 0 Å². The van der Waals surface area contributed by atoms with Crippen molar-refractivity contribution in [2.45, 2.75) is 6.42 Å². The molecule has 0 radical (unpaired) electrons. The molecule has 2 heterocycles. The summed E-state index contributed by atoms with van der Waals surface area (Å²) in [5.41, 5.74) is 6.24. The van der Waals surface area contributed by atoms with Crippen molar-refractivity contribution in [3.8, 4) is 11.3 Å². The molecule has 0 aliphatic carbocycles. The van der Waals surface area contributed by atoms with Crippen molar-refractivity contribution >= 4 is 40.0 Å². The Morgan fingerprint density at radius 2 is 1.96 bits per heavy atom. The van der Waals surface area contributed by atoms with Crippen LogP contribution in [0.1, 0.15) is 11.3 Å². The molecule has 0 spiro atoms. The number of carbonyl (C=O) groups is 1. The third-order valence-corrected chi connectivity index (χ3v) is 5.11. The average molecular weight is 395 g/mol. The lowest BCUT2D eigenvalue weighted by atomic mass is 10.2. The number of hydrogen-bond acceptors (Lipinski definition) is 4. The monoisotopic (exact) mass is 394 g/mol. The zero-order valence-corrected chi connectivity index (χ0v) is 15.7. The summed E-state index contributed by atoms with van der Waals surface area (Å²) in [4.78, 5) is 17.7. The molecule has 5 nitrogen and oxygen atoms in total. The van der Waals surface area contributed by atoms with Crippen molar-refractivity contribution in [3.05, 3.63) is 82.5 Å². The standard InChI is InChI=1S/C20H15ClN4OS/c21-16-8-6-14(7-9-16)11-22-24-19(26)10-17-13-27-20-23-18(12-25(17)20)15-4-2-1-3-5-15/h1-9,11-13H,10H2,(H,24,26)/b22-11+. The smallest absolute Gasteiger partial charge is 0.246 e. The number of imidazole rings is 1. The van der Waals surface area contributed by atoms with E-state index in [0.29, 0.717) is 5.02 Å². The van der Waals surface area contributed by atoms with Gasteiger partial charge in [-0.2, -0.15) is 5.10 Å². The molecule has 2 aromatic carbocycles. The quantitative estimate of drug-likeness (QED) is 0.402. The first kappa shape index (κ1) is 17.5. The Hall–Kier alpha value is -2.96. The molecule has 134 valence electrons. The van der Waals surface area contributed by atoms with Crippen molar-refractivity contribution in [2.75, 3.05) is 0 Å². The second-order valence-corrected chi connectivity index (χ2v) is 7.17. The minimum absolute atomic E-state index is 0.185. The lowest BCUT2D eigenvalue weighted by Gasteiger charge is -1.99. The number of benzene rings is 2. The average Bonchev–Trinajstić information content (AvgIpc) is 3.26. The highest BCUT2D eigenvalue weighted by Gasteiger charge is 2.12. The fourth-order valence-corrected chi connectivity index (χ4v) is 3.64. The predicted octanol–water partition coefficient (Wildman–Crippen LogP) is 4.41. The number of nitrogens with one attached hydrogen (secondary N) is 1. The van der Waals surface area contributed by atoms with Crippen molar-refractivity contribution in [2.24, 2.45) is 5.10 Å². The molecular weight excluding hydrogens is 380 g/mol. The van der Waals surface area contributed by atoms with E-state index >= 15 is 0 Å². The van der Waals surface area contributed by atoms with Crippen LogP contribution in [0.4, 0.5) is 0 Å². The van der Waals surface area contributed by atoms with Crippen molar-refractivity contribution < 1.29 is 4.79 Å². The van der Waals surface area contributed by atoms with Gasteiger partial charge in [-0.25, -0.2) is 10.4 Å². The van der Waals surface area contributed by atoms with Crippen LogP contribution in [0.15, 0.2) is 71.3 Å². The molecule has 2 aromatic heterocycles. The topological polar surface area (TPSA) is 58.8 Å². The first-order chi connectivity index (χ1) is 13.2. The fourth-order valence-electron chi connectivity index (χ4n) is 2.64. The summed E-state index contributed by atoms with van der Waals surface area (Å²) in [7, 11) is 0. The van der Waals surface area contributed by atoms with Gasteiger partial charge < -0.3 is 0 Å². The Morgan fingerprint density at radius 3 is 2.74 bits per heavy atom. The molecule has 0 saturated carbocycles. The maximum atomic E-state index is 12.2. The SMILES string of the molecule is O=C(Cc1csc2nc(-c3ccccc3)cn12)N/N=C/c1ccc(Cl)cc1. The first-order valence-corrected chi connectivity index (χ1v) is 9.53. The van der Waals surface area contributed by atoms with E-state index in [2.05, 4.69) is 15.5 Å². The molecular formula is C20H15ClN4OS. The van der Waals surface area contributed by atoms with Gasteiger partial charge in [-0.05, 0) is 17.7 Å². The molecule has 0 unspecified atom stereocenters. The van der Waals surface area contributed by atoms with Gasteiger partial charge in [-0.1, -0.05) is 54.1 Å². The van der Waals surface area contributed by atoms with Gasteiger partial charge in [0.1, 0.15) is 0 Å². The zero-order chi connectivity index (χ0) is 18.6. The Balaban J connectivity index is 1.44. The molecule has 1 N–H and O–H groups in total. The molecule has 4 aromatic rings. The fraction of sp³-hybridized carbons (Fsp3) is 0.0500. The van der Waals surface area contributed by atoms with Gasteiger partial charge in [0.25, 0.3) is 0 Å². The molecule has 1 amide bonds. The Kier molecular flexibility index (Phi) is 5.00. The van der Waals surface area contributed by atoms with Gasteiger partial charge in [0.05, 0.1) is 18.3 Å². The summed E-state index contributed by atoms with van der Waals surface area (Å²) in [6, 6.07) is 17.2. The highest BCUT2D eigenvalue weighted by atomic mass is 35.5. The van der Waals surface area contributed by atoms with Gasteiger partial charge in [0.15, 0.2) is 4.96 Å². The second kappa shape index (κ2) is 7.73. The van der Waals surface area contributed by atoms with Crippen molar-refractivity contribution in [3.63, 3.8) is 0 Å². The van der Waals surface area contributed by atoms with Crippen LogP contribution < -0.4 is 5.43 Å². The van der Waals surface area contributed by atoms with E-state index in [1.54, 1.807) is 18.3 Å². The van der Waals surface area contributed by atoms with Crippen LogP contribution in [0.5, 0.6) is 0 Å². The number of carbonyl (C=O) groups excluding carboxylic acids is 1. The van der Waals surface area contributed by atoms with E-state index < -0.39 is 0 Å². The van der Waals surface area contributed by atoms with Crippen molar-refractivity contribution in [1.82, 2.24) is 14.8 Å². The number of hydrazone groups is 1. The maximum absolute atomic E-state index is 12.2. The van der Waals surface area contributed by atoms with Gasteiger partial charge in [-0.15, -0.1) is 11.3 Å². The minimum atomic E-state index is -0.185. The first-order valence-electron chi connectivity index (χ1n) is 8.27. The molecule has 0 fully saturated rings. The summed E-state index contributed by atoms with van der Waals surface area (Å²) in [6.45, 7) is 0. The second-order valence-electron chi connectivity index (χ2n) is 5.89. The lowest BCUT2D eigenvalue weighted by molar-refractivity contribution is -0.120. The number of thiazole rings is 1. The Bertz CT molecular complexity index is 1100. The Morgan fingerprint density at radius 1 is 1.19 bits per heavy atom. The number of nitrogens with zero attached hydrogens (tertiary/aromatic N) is 3. The van der Waals surface area contributed by atoms with E-state index in [1.807, 2.05) is 58.4 Å². The largest absolute Gasteiger partial charge is 0.294 e. The number of aromatic nitrogens is 2. The van der Waals surface area contributed by atoms with Gasteiger partial charge in [-0.3, -0.25) is 9.20 Å². The third kappa shape index (κ3) is 4.07. The Labute approximate surface area is 164 Å². The lowest BCUT2D eigenvalue weighted by Crippen LogP contribution is -2.20.